The van der Waals surface area contributed by atoms with E-state index in [0.29, 0.717) is 38.7 Å². The Morgan fingerprint density at radius 1 is 1.09 bits per heavy atom. The Kier molecular flexibility index (Phi) is 4.10. The highest BCUT2D eigenvalue weighted by atomic mass is 35.5. The van der Waals surface area contributed by atoms with Gasteiger partial charge in [-0.2, -0.15) is 0 Å². The fourth-order valence-electron chi connectivity index (χ4n) is 2.47. The molecule has 2 aromatic carbocycles. The molecule has 0 unspecified atom stereocenters. The van der Waals surface area contributed by atoms with Gasteiger partial charge in [0, 0.05) is 17.4 Å². The molecule has 0 spiro atoms. The number of ether oxygens (including phenoxy) is 1. The standard InChI is InChI=1S/C17H13Cl2NO2/c1-22-16-13(18)8-7-11-14(19)12(17(21)20-15(11)16)9-10-5-3-2-4-6-10/h2-8H,9H2,1H3,(H,20,21). The van der Waals surface area contributed by atoms with E-state index in [2.05, 4.69) is 4.98 Å². The van der Waals surface area contributed by atoms with Crippen molar-refractivity contribution in [2.24, 2.45) is 0 Å². The maximum atomic E-state index is 12.4. The number of fused-ring (bicyclic) bond motifs is 1. The van der Waals surface area contributed by atoms with Crippen LogP contribution in [0, 0.1) is 0 Å². The Balaban J connectivity index is 2.21. The summed E-state index contributed by atoms with van der Waals surface area (Å²) in [5.74, 6) is 0.421. The SMILES string of the molecule is COc1c(Cl)ccc2c(Cl)c(Cc3ccccc3)c(=O)[nH]c12. The van der Waals surface area contributed by atoms with Gasteiger partial charge in [-0.1, -0.05) is 53.5 Å². The van der Waals surface area contributed by atoms with E-state index < -0.39 is 0 Å². The van der Waals surface area contributed by atoms with Gasteiger partial charge >= 0.3 is 0 Å². The molecule has 0 aliphatic carbocycles. The molecule has 1 N–H and O–H groups in total. The van der Waals surface area contributed by atoms with Crippen molar-refractivity contribution >= 4 is 34.1 Å². The number of methoxy groups -OCH3 is 1. The first kappa shape index (κ1) is 14.9. The number of rotatable bonds is 3. The molecule has 0 bridgehead atoms. The first-order valence-corrected chi connectivity index (χ1v) is 7.48. The van der Waals surface area contributed by atoms with Crippen LogP contribution in [0.3, 0.4) is 0 Å². The van der Waals surface area contributed by atoms with Crippen LogP contribution >= 0.6 is 23.2 Å². The Morgan fingerprint density at radius 2 is 1.82 bits per heavy atom. The van der Waals surface area contributed by atoms with Gasteiger partial charge in [-0.05, 0) is 17.7 Å². The molecule has 3 aromatic rings. The zero-order valence-electron chi connectivity index (χ0n) is 11.8. The molecule has 1 heterocycles. The molecule has 22 heavy (non-hydrogen) atoms. The molecule has 0 saturated heterocycles. The first-order valence-electron chi connectivity index (χ1n) is 6.72. The molecule has 0 radical (unpaired) electrons. The number of aromatic nitrogens is 1. The normalized spacial score (nSPS) is 10.9. The van der Waals surface area contributed by atoms with E-state index in [9.17, 15) is 4.79 Å². The summed E-state index contributed by atoms with van der Waals surface area (Å²) in [6.45, 7) is 0. The van der Waals surface area contributed by atoms with Gasteiger partial charge in [0.25, 0.3) is 5.56 Å². The Labute approximate surface area is 137 Å². The number of hydrogen-bond acceptors (Lipinski definition) is 2. The second-order valence-corrected chi connectivity index (χ2v) is 5.70. The fourth-order valence-corrected chi connectivity index (χ4v) is 3.02. The minimum Gasteiger partial charge on any atom is -0.493 e. The Hall–Kier alpha value is -1.97. The number of hydrogen-bond donors (Lipinski definition) is 1. The second-order valence-electron chi connectivity index (χ2n) is 4.91. The van der Waals surface area contributed by atoms with Gasteiger partial charge < -0.3 is 9.72 Å². The molecule has 0 atom stereocenters. The molecule has 112 valence electrons. The van der Waals surface area contributed by atoms with Gasteiger partial charge in [0.2, 0.25) is 0 Å². The molecule has 0 aliphatic heterocycles. The van der Waals surface area contributed by atoms with E-state index in [1.807, 2.05) is 30.3 Å². The smallest absolute Gasteiger partial charge is 0.253 e. The van der Waals surface area contributed by atoms with Crippen molar-refractivity contribution < 1.29 is 4.74 Å². The van der Waals surface area contributed by atoms with Crippen molar-refractivity contribution in [2.75, 3.05) is 7.11 Å². The lowest BCUT2D eigenvalue weighted by atomic mass is 10.0. The van der Waals surface area contributed by atoms with Crippen LogP contribution in [0.4, 0.5) is 0 Å². The van der Waals surface area contributed by atoms with Crippen molar-refractivity contribution in [2.45, 2.75) is 6.42 Å². The van der Waals surface area contributed by atoms with E-state index in [1.54, 1.807) is 12.1 Å². The fraction of sp³-hybridized carbons (Fsp3) is 0.118. The van der Waals surface area contributed by atoms with E-state index in [1.165, 1.54) is 7.11 Å². The first-order chi connectivity index (χ1) is 10.6. The third kappa shape index (κ3) is 2.58. The zero-order chi connectivity index (χ0) is 15.7. The van der Waals surface area contributed by atoms with E-state index in [-0.39, 0.29) is 5.56 Å². The predicted molar refractivity (Wildman–Crippen MR) is 90.4 cm³/mol. The molecule has 0 fully saturated rings. The van der Waals surface area contributed by atoms with E-state index in [0.717, 1.165) is 5.56 Å². The summed E-state index contributed by atoms with van der Waals surface area (Å²) in [5, 5.41) is 1.57. The lowest BCUT2D eigenvalue weighted by molar-refractivity contribution is 0.419. The number of H-pyrrole nitrogens is 1. The molecular weight excluding hydrogens is 321 g/mol. The maximum absolute atomic E-state index is 12.4. The Morgan fingerprint density at radius 3 is 2.50 bits per heavy atom. The van der Waals surface area contributed by atoms with Crippen LogP contribution in [-0.2, 0) is 6.42 Å². The van der Waals surface area contributed by atoms with Gasteiger partial charge in [-0.15, -0.1) is 0 Å². The van der Waals surface area contributed by atoms with Gasteiger partial charge in [-0.25, -0.2) is 0 Å². The van der Waals surface area contributed by atoms with Crippen LogP contribution in [0.2, 0.25) is 10.0 Å². The number of benzene rings is 2. The number of halogens is 2. The van der Waals surface area contributed by atoms with Crippen molar-refractivity contribution in [3.05, 3.63) is 74.0 Å². The summed E-state index contributed by atoms with van der Waals surface area (Å²) in [6, 6.07) is 13.2. The van der Waals surface area contributed by atoms with Crippen LogP contribution in [-0.4, -0.2) is 12.1 Å². The van der Waals surface area contributed by atoms with Crippen LogP contribution in [0.15, 0.2) is 47.3 Å². The van der Waals surface area contributed by atoms with Crippen LogP contribution in [0.5, 0.6) is 5.75 Å². The maximum Gasteiger partial charge on any atom is 0.253 e. The molecule has 0 saturated carbocycles. The van der Waals surface area contributed by atoms with Gasteiger partial charge in [0.1, 0.15) is 0 Å². The topological polar surface area (TPSA) is 42.1 Å². The summed E-state index contributed by atoms with van der Waals surface area (Å²) in [7, 11) is 1.50. The summed E-state index contributed by atoms with van der Waals surface area (Å²) >= 11 is 12.5. The number of pyridine rings is 1. The Bertz CT molecular complexity index is 889. The summed E-state index contributed by atoms with van der Waals surface area (Å²) in [5.41, 5.74) is 1.84. The molecular formula is C17H13Cl2NO2. The predicted octanol–water partition coefficient (Wildman–Crippen LogP) is 4.43. The van der Waals surface area contributed by atoms with Crippen molar-refractivity contribution in [1.82, 2.24) is 4.98 Å². The highest BCUT2D eigenvalue weighted by Gasteiger charge is 2.15. The van der Waals surface area contributed by atoms with Gasteiger partial charge in [0.05, 0.1) is 22.7 Å². The van der Waals surface area contributed by atoms with Crippen molar-refractivity contribution in [3.8, 4) is 5.75 Å². The second kappa shape index (κ2) is 6.03. The van der Waals surface area contributed by atoms with Crippen LogP contribution in [0.1, 0.15) is 11.1 Å². The third-order valence-electron chi connectivity index (χ3n) is 3.55. The number of aromatic amines is 1. The lowest BCUT2D eigenvalue weighted by Crippen LogP contribution is -2.14. The average molecular weight is 334 g/mol. The molecule has 5 heteroatoms. The van der Waals surface area contributed by atoms with Crippen LogP contribution in [0.25, 0.3) is 10.9 Å². The molecule has 3 nitrogen and oxygen atoms in total. The largest absolute Gasteiger partial charge is 0.493 e. The van der Waals surface area contributed by atoms with Crippen molar-refractivity contribution in [3.63, 3.8) is 0 Å². The van der Waals surface area contributed by atoms with Gasteiger partial charge in [0.15, 0.2) is 5.75 Å². The minimum atomic E-state index is -0.234. The van der Waals surface area contributed by atoms with E-state index >= 15 is 0 Å². The average Bonchev–Trinajstić information content (AvgIpc) is 2.52. The zero-order valence-corrected chi connectivity index (χ0v) is 13.3. The number of nitrogens with one attached hydrogen (secondary N) is 1. The summed E-state index contributed by atoms with van der Waals surface area (Å²) in [4.78, 5) is 15.2. The van der Waals surface area contributed by atoms with Crippen LogP contribution < -0.4 is 10.3 Å². The summed E-state index contributed by atoms with van der Waals surface area (Å²) in [6.07, 6.45) is 0.468. The van der Waals surface area contributed by atoms with Gasteiger partial charge in [-0.3, -0.25) is 4.79 Å². The quantitative estimate of drug-likeness (QED) is 0.770. The molecule has 1 aromatic heterocycles. The monoisotopic (exact) mass is 333 g/mol. The third-order valence-corrected chi connectivity index (χ3v) is 4.28. The highest BCUT2D eigenvalue weighted by Crippen LogP contribution is 2.35. The van der Waals surface area contributed by atoms with E-state index in [4.69, 9.17) is 27.9 Å². The summed E-state index contributed by atoms with van der Waals surface area (Å²) < 4.78 is 5.27. The molecule has 0 aliphatic rings. The lowest BCUT2D eigenvalue weighted by Gasteiger charge is -2.11. The molecule has 3 rings (SSSR count). The highest BCUT2D eigenvalue weighted by molar-refractivity contribution is 6.37. The van der Waals surface area contributed by atoms with Crippen molar-refractivity contribution in [1.29, 1.82) is 0 Å². The molecule has 0 amide bonds. The minimum absolute atomic E-state index is 0.234.